The smallest absolute Gasteiger partial charge is 0.309 e. The molecule has 1 aliphatic carbocycles. The van der Waals surface area contributed by atoms with Crippen molar-refractivity contribution in [2.45, 2.75) is 25.2 Å². The highest BCUT2D eigenvalue weighted by atomic mass is 35.5. The third-order valence-electron chi connectivity index (χ3n) is 3.32. The van der Waals surface area contributed by atoms with Gasteiger partial charge in [0.1, 0.15) is 0 Å². The molecule has 1 aliphatic rings. The number of carbonyl (C=O) groups is 1. The zero-order valence-corrected chi connectivity index (χ0v) is 10.0. The third-order valence-corrected chi connectivity index (χ3v) is 3.57. The van der Waals surface area contributed by atoms with Gasteiger partial charge in [0.15, 0.2) is 0 Å². The van der Waals surface area contributed by atoms with Crippen LogP contribution in [0.25, 0.3) is 0 Å². The Balaban J connectivity index is 2.19. The summed E-state index contributed by atoms with van der Waals surface area (Å²) in [6, 6.07) is 7.77. The Hall–Kier alpha value is -1.02. The fourth-order valence-electron chi connectivity index (χ4n) is 2.50. The lowest BCUT2D eigenvalue weighted by molar-refractivity contribution is -0.145. The number of methoxy groups -OCH3 is 1. The van der Waals surface area contributed by atoms with Gasteiger partial charge < -0.3 is 4.74 Å². The first-order chi connectivity index (χ1) is 7.72. The molecule has 0 amide bonds. The average Bonchev–Trinajstić information content (AvgIpc) is 2.78. The SMILES string of the molecule is COC(=O)[C@@H]1CCC[C@H]1c1ccc(Cl)cc1. The largest absolute Gasteiger partial charge is 0.469 e. The molecule has 0 N–H and O–H groups in total. The number of benzene rings is 1. The Morgan fingerprint density at radius 3 is 2.62 bits per heavy atom. The number of esters is 1. The summed E-state index contributed by atoms with van der Waals surface area (Å²) in [4.78, 5) is 11.6. The first kappa shape index (κ1) is 11.5. The molecule has 1 aromatic rings. The topological polar surface area (TPSA) is 26.3 Å². The molecular weight excluding hydrogens is 224 g/mol. The second-order valence-electron chi connectivity index (χ2n) is 4.22. The summed E-state index contributed by atoms with van der Waals surface area (Å²) in [6.45, 7) is 0. The Bertz CT molecular complexity index is 372. The van der Waals surface area contributed by atoms with E-state index in [1.807, 2.05) is 24.3 Å². The van der Waals surface area contributed by atoms with Gasteiger partial charge in [-0.3, -0.25) is 4.79 Å². The molecule has 2 atom stereocenters. The van der Waals surface area contributed by atoms with Gasteiger partial charge in [-0.1, -0.05) is 30.2 Å². The van der Waals surface area contributed by atoms with E-state index in [-0.39, 0.29) is 11.9 Å². The molecule has 3 heteroatoms. The van der Waals surface area contributed by atoms with Crippen LogP contribution in [-0.4, -0.2) is 13.1 Å². The molecule has 0 heterocycles. The number of hydrogen-bond acceptors (Lipinski definition) is 2. The third kappa shape index (κ3) is 2.22. The number of rotatable bonds is 2. The molecule has 0 saturated heterocycles. The van der Waals surface area contributed by atoms with Gasteiger partial charge in [-0.25, -0.2) is 0 Å². The number of halogens is 1. The highest BCUT2D eigenvalue weighted by Crippen LogP contribution is 2.40. The monoisotopic (exact) mass is 238 g/mol. The van der Waals surface area contributed by atoms with E-state index in [0.29, 0.717) is 5.92 Å². The molecule has 0 aromatic heterocycles. The van der Waals surface area contributed by atoms with Crippen LogP contribution in [0, 0.1) is 5.92 Å². The maximum atomic E-state index is 11.6. The number of carbonyl (C=O) groups excluding carboxylic acids is 1. The van der Waals surface area contributed by atoms with E-state index >= 15 is 0 Å². The van der Waals surface area contributed by atoms with Crippen LogP contribution in [0.15, 0.2) is 24.3 Å². The summed E-state index contributed by atoms with van der Waals surface area (Å²) in [5.41, 5.74) is 1.19. The van der Waals surface area contributed by atoms with Crippen molar-refractivity contribution in [3.63, 3.8) is 0 Å². The van der Waals surface area contributed by atoms with Crippen LogP contribution < -0.4 is 0 Å². The minimum Gasteiger partial charge on any atom is -0.469 e. The van der Waals surface area contributed by atoms with Gasteiger partial charge in [0, 0.05) is 5.02 Å². The summed E-state index contributed by atoms with van der Waals surface area (Å²) in [7, 11) is 1.46. The summed E-state index contributed by atoms with van der Waals surface area (Å²) < 4.78 is 4.84. The molecule has 1 fully saturated rings. The summed E-state index contributed by atoms with van der Waals surface area (Å²) in [5, 5.41) is 0.733. The second-order valence-corrected chi connectivity index (χ2v) is 4.66. The zero-order valence-electron chi connectivity index (χ0n) is 9.28. The van der Waals surface area contributed by atoms with Crippen LogP contribution in [0.4, 0.5) is 0 Å². The van der Waals surface area contributed by atoms with Crippen LogP contribution in [0.3, 0.4) is 0 Å². The van der Waals surface area contributed by atoms with E-state index in [1.165, 1.54) is 12.7 Å². The van der Waals surface area contributed by atoms with Crippen molar-refractivity contribution in [1.82, 2.24) is 0 Å². The predicted octanol–water partition coefficient (Wildman–Crippen LogP) is 3.40. The Labute approximate surface area is 101 Å². The molecule has 0 aliphatic heterocycles. The first-order valence-corrected chi connectivity index (χ1v) is 5.93. The van der Waals surface area contributed by atoms with Crippen LogP contribution in [0.1, 0.15) is 30.7 Å². The molecule has 86 valence electrons. The lowest BCUT2D eigenvalue weighted by Crippen LogP contribution is -2.18. The van der Waals surface area contributed by atoms with Crippen molar-refractivity contribution in [1.29, 1.82) is 0 Å². The molecule has 0 spiro atoms. The lowest BCUT2D eigenvalue weighted by Gasteiger charge is -2.17. The Morgan fingerprint density at radius 2 is 2.00 bits per heavy atom. The van der Waals surface area contributed by atoms with E-state index in [0.717, 1.165) is 24.3 Å². The minimum atomic E-state index is -0.0857. The van der Waals surface area contributed by atoms with Gasteiger partial charge in [-0.05, 0) is 36.5 Å². The summed E-state index contributed by atoms with van der Waals surface area (Å²) >= 11 is 5.85. The number of hydrogen-bond donors (Lipinski definition) is 0. The van der Waals surface area contributed by atoms with Crippen molar-refractivity contribution in [2.24, 2.45) is 5.92 Å². The van der Waals surface area contributed by atoms with Gasteiger partial charge in [0.25, 0.3) is 0 Å². The highest BCUT2D eigenvalue weighted by molar-refractivity contribution is 6.30. The standard InChI is InChI=1S/C13H15ClO2/c1-16-13(15)12-4-2-3-11(12)9-5-7-10(14)8-6-9/h5-8,11-12H,2-4H2,1H3/t11-,12+/m0/s1. The molecule has 2 rings (SSSR count). The van der Waals surface area contributed by atoms with Gasteiger partial charge in [-0.15, -0.1) is 0 Å². The predicted molar refractivity (Wildman–Crippen MR) is 63.6 cm³/mol. The van der Waals surface area contributed by atoms with Crippen LogP contribution in [-0.2, 0) is 9.53 Å². The molecular formula is C13H15ClO2. The normalized spacial score (nSPS) is 24.4. The fraction of sp³-hybridized carbons (Fsp3) is 0.462. The van der Waals surface area contributed by atoms with E-state index in [9.17, 15) is 4.79 Å². The first-order valence-electron chi connectivity index (χ1n) is 5.55. The molecule has 16 heavy (non-hydrogen) atoms. The maximum absolute atomic E-state index is 11.6. The fourth-order valence-corrected chi connectivity index (χ4v) is 2.63. The molecule has 0 unspecified atom stereocenters. The van der Waals surface area contributed by atoms with Crippen molar-refractivity contribution in [3.05, 3.63) is 34.9 Å². The van der Waals surface area contributed by atoms with Gasteiger partial charge in [-0.2, -0.15) is 0 Å². The average molecular weight is 239 g/mol. The van der Waals surface area contributed by atoms with Gasteiger partial charge in [0.05, 0.1) is 13.0 Å². The molecule has 0 radical (unpaired) electrons. The quantitative estimate of drug-likeness (QED) is 0.739. The van der Waals surface area contributed by atoms with Gasteiger partial charge >= 0.3 is 5.97 Å². The van der Waals surface area contributed by atoms with Crippen LogP contribution in [0.2, 0.25) is 5.02 Å². The molecule has 1 saturated carbocycles. The van der Waals surface area contributed by atoms with Crippen molar-refractivity contribution in [3.8, 4) is 0 Å². The summed E-state index contributed by atoms with van der Waals surface area (Å²) in [5.74, 6) is 0.230. The molecule has 2 nitrogen and oxygen atoms in total. The van der Waals surface area contributed by atoms with Crippen LogP contribution in [0.5, 0.6) is 0 Å². The maximum Gasteiger partial charge on any atom is 0.309 e. The number of ether oxygens (including phenoxy) is 1. The van der Waals surface area contributed by atoms with E-state index in [4.69, 9.17) is 16.3 Å². The Kier molecular flexibility index (Phi) is 3.49. The second kappa shape index (κ2) is 4.88. The van der Waals surface area contributed by atoms with E-state index in [1.54, 1.807) is 0 Å². The van der Waals surface area contributed by atoms with Gasteiger partial charge in [0.2, 0.25) is 0 Å². The highest BCUT2D eigenvalue weighted by Gasteiger charge is 2.34. The van der Waals surface area contributed by atoms with Crippen molar-refractivity contribution in [2.75, 3.05) is 7.11 Å². The molecule has 0 bridgehead atoms. The van der Waals surface area contributed by atoms with Crippen molar-refractivity contribution < 1.29 is 9.53 Å². The lowest BCUT2D eigenvalue weighted by atomic mass is 9.89. The minimum absolute atomic E-state index is 0.0196. The van der Waals surface area contributed by atoms with Crippen LogP contribution >= 0.6 is 11.6 Å². The van der Waals surface area contributed by atoms with E-state index < -0.39 is 0 Å². The Morgan fingerprint density at radius 1 is 1.31 bits per heavy atom. The summed E-state index contributed by atoms with van der Waals surface area (Å²) in [6.07, 6.45) is 3.08. The molecule has 1 aromatic carbocycles. The van der Waals surface area contributed by atoms with E-state index in [2.05, 4.69) is 0 Å². The van der Waals surface area contributed by atoms with Crippen molar-refractivity contribution >= 4 is 17.6 Å². The zero-order chi connectivity index (χ0) is 11.5.